The molecule has 0 bridgehead atoms. The van der Waals surface area contributed by atoms with Gasteiger partial charge in [-0.3, -0.25) is 9.59 Å². The Morgan fingerprint density at radius 2 is 1.65 bits per heavy atom. The minimum absolute atomic E-state index is 0.00838. The highest BCUT2D eigenvalue weighted by atomic mass is 16.2. The van der Waals surface area contributed by atoms with Gasteiger partial charge in [0.2, 0.25) is 11.8 Å². The van der Waals surface area contributed by atoms with Crippen LogP contribution in [0.15, 0.2) is 0 Å². The van der Waals surface area contributed by atoms with E-state index in [9.17, 15) is 9.59 Å². The van der Waals surface area contributed by atoms with E-state index in [2.05, 4.69) is 16.0 Å². The van der Waals surface area contributed by atoms with Gasteiger partial charge in [-0.05, 0) is 25.9 Å². The van der Waals surface area contributed by atoms with Crippen molar-refractivity contribution < 1.29 is 9.59 Å². The molecule has 100 valence electrons. The summed E-state index contributed by atoms with van der Waals surface area (Å²) in [7, 11) is 1.88. The van der Waals surface area contributed by atoms with Crippen molar-refractivity contribution in [1.29, 1.82) is 0 Å². The number of carbonyl (C=O) groups excluding carboxylic acids is 2. The molecule has 0 saturated heterocycles. The van der Waals surface area contributed by atoms with Crippen LogP contribution in [0.2, 0.25) is 0 Å². The third-order valence-corrected chi connectivity index (χ3v) is 2.19. The van der Waals surface area contributed by atoms with Crippen LogP contribution in [0.3, 0.4) is 0 Å². The quantitative estimate of drug-likeness (QED) is 0.509. The zero-order valence-electron chi connectivity index (χ0n) is 11.1. The van der Waals surface area contributed by atoms with Crippen LogP contribution in [0.1, 0.15) is 33.1 Å². The fraction of sp³-hybridized carbons (Fsp3) is 0.833. The predicted molar refractivity (Wildman–Crippen MR) is 68.6 cm³/mol. The Hall–Kier alpha value is -1.10. The summed E-state index contributed by atoms with van der Waals surface area (Å²) in [5.74, 6) is 0.360. The van der Waals surface area contributed by atoms with E-state index in [0.717, 1.165) is 13.0 Å². The van der Waals surface area contributed by atoms with Crippen molar-refractivity contribution in [2.45, 2.75) is 33.1 Å². The van der Waals surface area contributed by atoms with E-state index < -0.39 is 0 Å². The van der Waals surface area contributed by atoms with E-state index in [4.69, 9.17) is 0 Å². The number of hydrogen-bond donors (Lipinski definition) is 3. The van der Waals surface area contributed by atoms with Crippen molar-refractivity contribution in [3.63, 3.8) is 0 Å². The van der Waals surface area contributed by atoms with Gasteiger partial charge in [-0.1, -0.05) is 13.8 Å². The highest BCUT2D eigenvalue weighted by molar-refractivity contribution is 5.78. The smallest absolute Gasteiger partial charge is 0.221 e. The summed E-state index contributed by atoms with van der Waals surface area (Å²) in [6, 6.07) is 0. The summed E-state index contributed by atoms with van der Waals surface area (Å²) in [4.78, 5) is 22.6. The Labute approximate surface area is 104 Å². The number of rotatable bonds is 9. The Morgan fingerprint density at radius 1 is 1.00 bits per heavy atom. The van der Waals surface area contributed by atoms with Gasteiger partial charge in [0.1, 0.15) is 0 Å². The molecule has 0 aliphatic heterocycles. The van der Waals surface area contributed by atoms with Gasteiger partial charge in [0.25, 0.3) is 0 Å². The molecule has 0 saturated carbocycles. The van der Waals surface area contributed by atoms with Gasteiger partial charge in [-0.2, -0.15) is 0 Å². The first kappa shape index (κ1) is 15.9. The summed E-state index contributed by atoms with van der Waals surface area (Å²) in [6.07, 6.45) is 1.79. The second-order valence-electron chi connectivity index (χ2n) is 4.50. The van der Waals surface area contributed by atoms with Gasteiger partial charge in [0.05, 0.1) is 0 Å². The average Bonchev–Trinajstić information content (AvgIpc) is 2.23. The van der Waals surface area contributed by atoms with Crippen molar-refractivity contribution in [1.82, 2.24) is 16.0 Å². The summed E-state index contributed by atoms with van der Waals surface area (Å²) in [5, 5.41) is 8.55. The average molecular weight is 243 g/mol. The second-order valence-corrected chi connectivity index (χ2v) is 4.50. The minimum Gasteiger partial charge on any atom is -0.356 e. The lowest BCUT2D eigenvalue weighted by Crippen LogP contribution is -2.32. The lowest BCUT2D eigenvalue weighted by Gasteiger charge is -2.07. The number of nitrogens with one attached hydrogen (secondary N) is 3. The van der Waals surface area contributed by atoms with Gasteiger partial charge < -0.3 is 16.0 Å². The molecule has 0 fully saturated rings. The van der Waals surface area contributed by atoms with Crippen LogP contribution in [-0.2, 0) is 9.59 Å². The Kier molecular flexibility index (Phi) is 9.43. The van der Waals surface area contributed by atoms with Gasteiger partial charge in [-0.25, -0.2) is 0 Å². The van der Waals surface area contributed by atoms with Gasteiger partial charge in [0, 0.05) is 25.9 Å². The van der Waals surface area contributed by atoms with Crippen molar-refractivity contribution >= 4 is 11.8 Å². The molecule has 0 heterocycles. The Morgan fingerprint density at radius 3 is 2.24 bits per heavy atom. The monoisotopic (exact) mass is 243 g/mol. The first-order valence-electron chi connectivity index (χ1n) is 6.24. The van der Waals surface area contributed by atoms with Crippen LogP contribution in [-0.4, -0.2) is 38.5 Å². The molecule has 5 heteroatoms. The van der Waals surface area contributed by atoms with Crippen LogP contribution in [0.25, 0.3) is 0 Å². The topological polar surface area (TPSA) is 70.2 Å². The van der Waals surface area contributed by atoms with E-state index in [0.29, 0.717) is 31.8 Å². The van der Waals surface area contributed by atoms with Gasteiger partial charge in [-0.15, -0.1) is 0 Å². The third kappa shape index (κ3) is 11.2. The maximum atomic E-state index is 11.3. The third-order valence-electron chi connectivity index (χ3n) is 2.19. The highest BCUT2D eigenvalue weighted by Gasteiger charge is 2.05. The van der Waals surface area contributed by atoms with Crippen molar-refractivity contribution in [2.24, 2.45) is 5.92 Å². The van der Waals surface area contributed by atoms with E-state index >= 15 is 0 Å². The molecule has 0 aliphatic carbocycles. The lowest BCUT2D eigenvalue weighted by molar-refractivity contribution is -0.122. The molecular formula is C12H25N3O2. The largest absolute Gasteiger partial charge is 0.356 e. The van der Waals surface area contributed by atoms with Gasteiger partial charge >= 0.3 is 0 Å². The summed E-state index contributed by atoms with van der Waals surface area (Å²) in [6.45, 7) is 5.98. The molecule has 0 atom stereocenters. The Bertz CT molecular complexity index is 230. The normalized spacial score (nSPS) is 10.4. The maximum Gasteiger partial charge on any atom is 0.221 e. The van der Waals surface area contributed by atoms with E-state index in [-0.39, 0.29) is 11.8 Å². The van der Waals surface area contributed by atoms with Crippen LogP contribution in [0, 0.1) is 5.92 Å². The molecular weight excluding hydrogens is 218 g/mol. The first-order valence-corrected chi connectivity index (χ1v) is 6.24. The minimum atomic E-state index is -0.00838. The fourth-order valence-corrected chi connectivity index (χ4v) is 1.34. The molecule has 0 aliphatic rings. The molecule has 0 aromatic carbocycles. The van der Waals surface area contributed by atoms with Crippen molar-refractivity contribution in [2.75, 3.05) is 26.7 Å². The molecule has 0 spiro atoms. The van der Waals surface area contributed by atoms with E-state index in [1.54, 1.807) is 0 Å². The van der Waals surface area contributed by atoms with E-state index in [1.807, 2.05) is 20.9 Å². The first-order chi connectivity index (χ1) is 8.06. The maximum absolute atomic E-state index is 11.3. The molecule has 17 heavy (non-hydrogen) atoms. The van der Waals surface area contributed by atoms with E-state index in [1.165, 1.54) is 0 Å². The molecule has 5 nitrogen and oxygen atoms in total. The summed E-state index contributed by atoms with van der Waals surface area (Å²) < 4.78 is 0. The molecule has 0 aromatic rings. The zero-order chi connectivity index (χ0) is 13.1. The second kappa shape index (κ2) is 10.1. The van der Waals surface area contributed by atoms with Gasteiger partial charge in [0.15, 0.2) is 0 Å². The zero-order valence-corrected chi connectivity index (χ0v) is 11.1. The van der Waals surface area contributed by atoms with Crippen LogP contribution in [0.5, 0.6) is 0 Å². The molecule has 0 radical (unpaired) electrons. The molecule has 2 amide bonds. The number of amides is 2. The van der Waals surface area contributed by atoms with Crippen molar-refractivity contribution in [3.8, 4) is 0 Å². The number of carbonyl (C=O) groups is 2. The van der Waals surface area contributed by atoms with Crippen molar-refractivity contribution in [3.05, 3.63) is 0 Å². The fourth-order valence-electron chi connectivity index (χ4n) is 1.34. The molecule has 0 aromatic heterocycles. The number of hydrogen-bond acceptors (Lipinski definition) is 3. The standard InChI is InChI=1S/C12H25N3O2/c1-10(2)9-12(17)15-8-5-11(16)14-7-4-6-13-3/h10,13H,4-9H2,1-3H3,(H,14,16)(H,15,17). The Balaban J connectivity index is 3.41. The summed E-state index contributed by atoms with van der Waals surface area (Å²) in [5.41, 5.74) is 0. The van der Waals surface area contributed by atoms with Crippen LogP contribution >= 0.6 is 0 Å². The SMILES string of the molecule is CNCCCNC(=O)CCNC(=O)CC(C)C. The molecule has 3 N–H and O–H groups in total. The highest BCUT2D eigenvalue weighted by Crippen LogP contribution is 1.97. The predicted octanol–water partition coefficient (Wildman–Crippen LogP) is 0.265. The molecule has 0 rings (SSSR count). The van der Waals surface area contributed by atoms with Crippen LogP contribution in [0.4, 0.5) is 0 Å². The van der Waals surface area contributed by atoms with Crippen LogP contribution < -0.4 is 16.0 Å². The lowest BCUT2D eigenvalue weighted by atomic mass is 10.1. The summed E-state index contributed by atoms with van der Waals surface area (Å²) >= 11 is 0. The molecule has 0 unspecified atom stereocenters.